The lowest BCUT2D eigenvalue weighted by Crippen LogP contribution is -2.40. The van der Waals surface area contributed by atoms with Crippen molar-refractivity contribution in [3.8, 4) is 5.75 Å². The lowest BCUT2D eigenvalue weighted by Gasteiger charge is -2.25. The molecule has 2 aliphatic rings. The summed E-state index contributed by atoms with van der Waals surface area (Å²) in [5.74, 6) is 0.634. The average Bonchev–Trinajstić information content (AvgIpc) is 3.48. The molecule has 1 saturated carbocycles. The number of esters is 1. The van der Waals surface area contributed by atoms with E-state index in [0.717, 1.165) is 56.3 Å². The number of ether oxygens (including phenoxy) is 2. The van der Waals surface area contributed by atoms with Crippen LogP contribution in [0.2, 0.25) is 0 Å². The zero-order chi connectivity index (χ0) is 27.3. The van der Waals surface area contributed by atoms with Gasteiger partial charge in [0.2, 0.25) is 0 Å². The number of benzene rings is 2. The number of aliphatic imine (C=N–C) groups is 1. The van der Waals surface area contributed by atoms with Crippen molar-refractivity contribution in [3.63, 3.8) is 0 Å². The number of carbonyl (C=O) groups excluding carboxylic acids is 3. The van der Waals surface area contributed by atoms with Crippen LogP contribution in [0.4, 0.5) is 0 Å². The molecule has 1 spiro atoms. The van der Waals surface area contributed by atoms with Gasteiger partial charge in [-0.05, 0) is 57.7 Å². The fraction of sp³-hybridized carbons (Fsp3) is 0.484. The molecule has 1 aliphatic carbocycles. The molecule has 1 amide bonds. The van der Waals surface area contributed by atoms with E-state index in [1.54, 1.807) is 57.2 Å². The van der Waals surface area contributed by atoms with E-state index in [9.17, 15) is 14.4 Å². The summed E-state index contributed by atoms with van der Waals surface area (Å²) >= 11 is 0. The smallest absolute Gasteiger partial charge is 0.349 e. The predicted octanol–water partition coefficient (Wildman–Crippen LogP) is 5.88. The SMILES string of the molecule is CCCCC1=NC2(CCCC2)C(=O)N1Cc1ccc(C(=O)c2ccccc2OC(C)(C)C(=O)OCC)cc1. The second-order valence-corrected chi connectivity index (χ2v) is 10.6. The summed E-state index contributed by atoms with van der Waals surface area (Å²) in [5, 5.41) is 0. The first-order valence-electron chi connectivity index (χ1n) is 13.7. The Labute approximate surface area is 225 Å². The van der Waals surface area contributed by atoms with Gasteiger partial charge in [-0.15, -0.1) is 0 Å². The van der Waals surface area contributed by atoms with Crippen molar-refractivity contribution >= 4 is 23.5 Å². The van der Waals surface area contributed by atoms with Gasteiger partial charge in [-0.2, -0.15) is 0 Å². The van der Waals surface area contributed by atoms with E-state index in [-0.39, 0.29) is 18.3 Å². The number of unbranched alkanes of at least 4 members (excludes halogenated alkanes) is 1. The van der Waals surface area contributed by atoms with E-state index < -0.39 is 17.1 Å². The third-order valence-electron chi connectivity index (χ3n) is 7.30. The van der Waals surface area contributed by atoms with Crippen molar-refractivity contribution in [2.75, 3.05) is 6.61 Å². The maximum atomic E-state index is 13.4. The zero-order valence-corrected chi connectivity index (χ0v) is 22.9. The van der Waals surface area contributed by atoms with E-state index in [2.05, 4.69) is 6.92 Å². The Morgan fingerprint density at radius 2 is 1.71 bits per heavy atom. The monoisotopic (exact) mass is 518 g/mol. The number of carbonyl (C=O) groups is 3. The van der Waals surface area contributed by atoms with Gasteiger partial charge >= 0.3 is 5.97 Å². The van der Waals surface area contributed by atoms with Crippen molar-refractivity contribution in [1.82, 2.24) is 4.90 Å². The summed E-state index contributed by atoms with van der Waals surface area (Å²) in [5.41, 5.74) is 0.0111. The number of hydrogen-bond acceptors (Lipinski definition) is 6. The van der Waals surface area contributed by atoms with Crippen LogP contribution in [-0.2, 0) is 20.9 Å². The minimum atomic E-state index is -1.24. The van der Waals surface area contributed by atoms with Crippen LogP contribution in [0.5, 0.6) is 5.75 Å². The molecule has 202 valence electrons. The van der Waals surface area contributed by atoms with Crippen LogP contribution in [0.15, 0.2) is 53.5 Å². The summed E-state index contributed by atoms with van der Waals surface area (Å²) < 4.78 is 11.1. The third-order valence-corrected chi connectivity index (χ3v) is 7.30. The minimum absolute atomic E-state index is 0.122. The number of nitrogens with zero attached hydrogens (tertiary/aromatic N) is 2. The van der Waals surface area contributed by atoms with Crippen LogP contribution >= 0.6 is 0 Å². The number of amides is 1. The Morgan fingerprint density at radius 3 is 2.37 bits per heavy atom. The van der Waals surface area contributed by atoms with Gasteiger partial charge in [0.25, 0.3) is 5.91 Å². The number of para-hydroxylation sites is 1. The summed E-state index contributed by atoms with van der Waals surface area (Å²) in [6.07, 6.45) is 6.61. The van der Waals surface area contributed by atoms with Gasteiger partial charge in [0.1, 0.15) is 17.1 Å². The second kappa shape index (κ2) is 11.5. The van der Waals surface area contributed by atoms with Crippen LogP contribution in [-0.4, -0.2) is 46.1 Å². The van der Waals surface area contributed by atoms with Gasteiger partial charge in [0.15, 0.2) is 11.4 Å². The first kappa shape index (κ1) is 27.6. The second-order valence-electron chi connectivity index (χ2n) is 10.6. The summed E-state index contributed by atoms with van der Waals surface area (Å²) in [6, 6.07) is 14.2. The molecular formula is C31H38N2O5. The Bertz CT molecular complexity index is 1210. The first-order chi connectivity index (χ1) is 18.2. The highest BCUT2D eigenvalue weighted by molar-refractivity contribution is 6.11. The number of hydrogen-bond donors (Lipinski definition) is 0. The number of amidine groups is 1. The maximum Gasteiger partial charge on any atom is 0.349 e. The molecule has 0 aromatic heterocycles. The van der Waals surface area contributed by atoms with Crippen molar-refractivity contribution in [1.29, 1.82) is 0 Å². The largest absolute Gasteiger partial charge is 0.475 e. The predicted molar refractivity (Wildman–Crippen MR) is 146 cm³/mol. The van der Waals surface area contributed by atoms with Gasteiger partial charge in [-0.25, -0.2) is 4.79 Å². The maximum absolute atomic E-state index is 13.4. The van der Waals surface area contributed by atoms with E-state index in [1.165, 1.54) is 0 Å². The number of rotatable bonds is 11. The van der Waals surface area contributed by atoms with E-state index >= 15 is 0 Å². The molecule has 38 heavy (non-hydrogen) atoms. The third kappa shape index (κ3) is 5.66. The fourth-order valence-corrected chi connectivity index (χ4v) is 5.16. The van der Waals surface area contributed by atoms with Gasteiger partial charge in [-0.3, -0.25) is 19.5 Å². The zero-order valence-electron chi connectivity index (χ0n) is 22.9. The molecule has 0 atom stereocenters. The highest BCUT2D eigenvalue weighted by Gasteiger charge is 2.49. The quantitative estimate of drug-likeness (QED) is 0.274. The summed E-state index contributed by atoms with van der Waals surface area (Å²) in [7, 11) is 0. The highest BCUT2D eigenvalue weighted by Crippen LogP contribution is 2.40. The number of ketones is 1. The van der Waals surface area contributed by atoms with Gasteiger partial charge in [0, 0.05) is 12.0 Å². The van der Waals surface area contributed by atoms with Crippen LogP contribution in [0.3, 0.4) is 0 Å². The molecule has 0 saturated heterocycles. The first-order valence-corrected chi connectivity index (χ1v) is 13.7. The molecule has 2 aromatic rings. The molecule has 7 nitrogen and oxygen atoms in total. The van der Waals surface area contributed by atoms with Crippen LogP contribution in [0.1, 0.15) is 94.1 Å². The van der Waals surface area contributed by atoms with Crippen molar-refractivity contribution < 1.29 is 23.9 Å². The molecule has 0 bridgehead atoms. The van der Waals surface area contributed by atoms with Gasteiger partial charge in [0.05, 0.1) is 18.7 Å². The molecule has 0 radical (unpaired) electrons. The molecule has 1 fully saturated rings. The molecule has 1 aliphatic heterocycles. The van der Waals surface area contributed by atoms with E-state index in [0.29, 0.717) is 23.4 Å². The van der Waals surface area contributed by atoms with E-state index in [4.69, 9.17) is 14.5 Å². The van der Waals surface area contributed by atoms with Crippen molar-refractivity contribution in [3.05, 3.63) is 65.2 Å². The lowest BCUT2D eigenvalue weighted by atomic mass is 9.98. The molecule has 2 aromatic carbocycles. The Kier molecular flexibility index (Phi) is 8.34. The molecule has 0 unspecified atom stereocenters. The minimum Gasteiger partial charge on any atom is -0.475 e. The molecule has 0 N–H and O–H groups in total. The molecule has 4 rings (SSSR count). The summed E-state index contributed by atoms with van der Waals surface area (Å²) in [4.78, 5) is 46.0. The normalized spacial score (nSPS) is 16.6. The fourth-order valence-electron chi connectivity index (χ4n) is 5.16. The van der Waals surface area contributed by atoms with Crippen LogP contribution in [0, 0.1) is 0 Å². The van der Waals surface area contributed by atoms with Gasteiger partial charge in [-0.1, -0.05) is 62.6 Å². The Morgan fingerprint density at radius 1 is 1.03 bits per heavy atom. The molecule has 7 heteroatoms. The molecular weight excluding hydrogens is 480 g/mol. The van der Waals surface area contributed by atoms with E-state index in [1.807, 2.05) is 17.0 Å². The lowest BCUT2D eigenvalue weighted by molar-refractivity contribution is -0.158. The van der Waals surface area contributed by atoms with Crippen LogP contribution in [0.25, 0.3) is 0 Å². The molecule has 1 heterocycles. The standard InChI is InChI=1S/C31H38N2O5/c1-5-7-14-26-32-31(19-10-11-20-31)28(35)33(26)21-22-15-17-23(18-16-22)27(34)24-12-8-9-13-25(24)38-30(3,4)29(36)37-6-2/h8-9,12-13,15-18H,5-7,10-11,14,19-21H2,1-4H3. The van der Waals surface area contributed by atoms with Crippen LogP contribution < -0.4 is 4.74 Å². The summed E-state index contributed by atoms with van der Waals surface area (Å²) in [6.45, 7) is 7.81. The van der Waals surface area contributed by atoms with Crippen molar-refractivity contribution in [2.24, 2.45) is 4.99 Å². The van der Waals surface area contributed by atoms with Crippen molar-refractivity contribution in [2.45, 2.75) is 90.3 Å². The Balaban J connectivity index is 1.50. The Hall–Kier alpha value is -3.48. The highest BCUT2D eigenvalue weighted by atomic mass is 16.6. The topological polar surface area (TPSA) is 85.3 Å². The average molecular weight is 519 g/mol. The van der Waals surface area contributed by atoms with Gasteiger partial charge < -0.3 is 9.47 Å².